The maximum absolute atomic E-state index is 4.69. The van der Waals surface area contributed by atoms with E-state index in [2.05, 4.69) is 63.1 Å². The van der Waals surface area contributed by atoms with Crippen LogP contribution in [0.1, 0.15) is 0 Å². The number of thiol groups is 5. The molecule has 15 heavy (non-hydrogen) atoms. The maximum Gasteiger partial charge on any atom is 0.0804 e. The smallest absolute Gasteiger partial charge is 0.0804 e. The minimum absolute atomic E-state index is 0.0428. The molecule has 0 amide bonds. The van der Waals surface area contributed by atoms with Crippen molar-refractivity contribution in [3.63, 3.8) is 0 Å². The van der Waals surface area contributed by atoms with Crippen LogP contribution >= 0.6 is 86.7 Å². The SMILES string of the molecule is SCC(S)C(S)C(S)(S)C1CSCCS1. The van der Waals surface area contributed by atoms with E-state index >= 15 is 0 Å². The van der Waals surface area contributed by atoms with Gasteiger partial charge >= 0.3 is 0 Å². The van der Waals surface area contributed by atoms with Crippen LogP contribution in [0.25, 0.3) is 0 Å². The van der Waals surface area contributed by atoms with E-state index in [1.54, 1.807) is 0 Å². The van der Waals surface area contributed by atoms with Crippen LogP contribution in [0.5, 0.6) is 0 Å². The fourth-order valence-electron chi connectivity index (χ4n) is 1.31. The molecule has 3 unspecified atom stereocenters. The zero-order valence-corrected chi connectivity index (χ0v) is 14.2. The number of rotatable bonds is 4. The zero-order chi connectivity index (χ0) is 11.5. The van der Waals surface area contributed by atoms with Crippen LogP contribution in [-0.2, 0) is 0 Å². The lowest BCUT2D eigenvalue weighted by molar-refractivity contribution is 0.739. The molecule has 0 radical (unpaired) electrons. The Kier molecular flexibility index (Phi) is 7.38. The highest BCUT2D eigenvalue weighted by Gasteiger charge is 2.41. The van der Waals surface area contributed by atoms with Crippen molar-refractivity contribution >= 4 is 86.7 Å². The molecule has 0 nitrogen and oxygen atoms in total. The molecule has 1 fully saturated rings. The average molecular weight is 337 g/mol. The van der Waals surface area contributed by atoms with E-state index in [1.807, 2.05) is 23.5 Å². The first-order chi connectivity index (χ1) is 7.00. The van der Waals surface area contributed by atoms with Gasteiger partial charge in [-0.3, -0.25) is 0 Å². The second kappa shape index (κ2) is 7.14. The molecule has 0 aromatic heterocycles. The maximum atomic E-state index is 4.69. The summed E-state index contributed by atoms with van der Waals surface area (Å²) >= 11 is 26.6. The Balaban J connectivity index is 2.62. The summed E-state index contributed by atoms with van der Waals surface area (Å²) in [5.41, 5.74) is 0. The first-order valence-corrected chi connectivity index (χ1v) is 9.37. The Morgan fingerprint density at radius 2 is 1.93 bits per heavy atom. The van der Waals surface area contributed by atoms with Crippen molar-refractivity contribution in [2.45, 2.75) is 19.8 Å². The van der Waals surface area contributed by atoms with Crippen molar-refractivity contribution in [3.8, 4) is 0 Å². The van der Waals surface area contributed by atoms with Gasteiger partial charge in [-0.25, -0.2) is 0 Å². The lowest BCUT2D eigenvalue weighted by atomic mass is 10.2. The molecule has 7 heteroatoms. The summed E-state index contributed by atoms with van der Waals surface area (Å²) in [6.07, 6.45) is 0. The molecule has 1 heterocycles. The van der Waals surface area contributed by atoms with Gasteiger partial charge in [0.2, 0.25) is 0 Å². The van der Waals surface area contributed by atoms with Gasteiger partial charge in [0.25, 0.3) is 0 Å². The molecule has 0 saturated carbocycles. The van der Waals surface area contributed by atoms with E-state index < -0.39 is 0 Å². The van der Waals surface area contributed by atoms with Gasteiger partial charge in [-0.2, -0.15) is 86.7 Å². The predicted molar refractivity (Wildman–Crippen MR) is 93.7 cm³/mol. The molecule has 0 aromatic rings. The fraction of sp³-hybridized carbons (Fsp3) is 1.00. The molecule has 3 atom stereocenters. The van der Waals surface area contributed by atoms with Gasteiger partial charge in [-0.1, -0.05) is 0 Å². The van der Waals surface area contributed by atoms with Gasteiger partial charge in [0.05, 0.1) is 4.08 Å². The monoisotopic (exact) mass is 336 g/mol. The van der Waals surface area contributed by atoms with Gasteiger partial charge < -0.3 is 0 Å². The molecule has 0 bridgehead atoms. The standard InChI is InChI=1S/C8H16S7/c9-3-5(10)7(11)8(12,13)6-4-14-1-2-15-6/h5-7,9-13H,1-4H2. The summed E-state index contributed by atoms with van der Waals surface area (Å²) in [5.74, 6) is 4.20. The minimum atomic E-state index is -0.379. The minimum Gasteiger partial charge on any atom is -0.178 e. The number of thioether (sulfide) groups is 2. The molecule has 0 N–H and O–H groups in total. The molecular weight excluding hydrogens is 321 g/mol. The molecule has 1 aliphatic heterocycles. The van der Waals surface area contributed by atoms with E-state index in [0.29, 0.717) is 11.0 Å². The summed E-state index contributed by atoms with van der Waals surface area (Å²) in [7, 11) is 0. The second-order valence-electron chi connectivity index (χ2n) is 3.41. The first kappa shape index (κ1) is 15.5. The summed E-state index contributed by atoms with van der Waals surface area (Å²) in [6.45, 7) is 0. The van der Waals surface area contributed by atoms with Crippen LogP contribution in [-0.4, -0.2) is 42.8 Å². The molecule has 1 rings (SSSR count). The van der Waals surface area contributed by atoms with E-state index in [-0.39, 0.29) is 14.6 Å². The molecule has 0 spiro atoms. The normalized spacial score (nSPS) is 27.4. The molecule has 90 valence electrons. The van der Waals surface area contributed by atoms with Crippen molar-refractivity contribution in [1.82, 2.24) is 0 Å². The van der Waals surface area contributed by atoms with E-state index in [4.69, 9.17) is 0 Å². The lowest BCUT2D eigenvalue weighted by Crippen LogP contribution is -2.45. The molecule has 0 aliphatic carbocycles. The Bertz CT molecular complexity index is 185. The van der Waals surface area contributed by atoms with Crippen molar-refractivity contribution in [2.24, 2.45) is 0 Å². The largest absolute Gasteiger partial charge is 0.178 e. The van der Waals surface area contributed by atoms with Crippen molar-refractivity contribution < 1.29 is 0 Å². The van der Waals surface area contributed by atoms with Crippen LogP contribution in [0.3, 0.4) is 0 Å². The molecule has 1 saturated heterocycles. The van der Waals surface area contributed by atoms with Gasteiger partial charge in [-0.05, 0) is 0 Å². The third-order valence-corrected chi connectivity index (χ3v) is 9.29. The van der Waals surface area contributed by atoms with E-state index in [1.165, 1.54) is 11.5 Å². The molecule has 0 aromatic carbocycles. The average Bonchev–Trinajstić information content (AvgIpc) is 2.28. The van der Waals surface area contributed by atoms with Gasteiger partial charge in [0.15, 0.2) is 0 Å². The Hall–Kier alpha value is 2.45. The van der Waals surface area contributed by atoms with Crippen molar-refractivity contribution in [3.05, 3.63) is 0 Å². The van der Waals surface area contributed by atoms with Crippen LogP contribution in [0.2, 0.25) is 0 Å². The zero-order valence-electron chi connectivity index (χ0n) is 8.11. The lowest BCUT2D eigenvalue weighted by Gasteiger charge is -2.40. The van der Waals surface area contributed by atoms with Crippen molar-refractivity contribution in [1.29, 1.82) is 0 Å². The van der Waals surface area contributed by atoms with Crippen LogP contribution < -0.4 is 0 Å². The van der Waals surface area contributed by atoms with E-state index in [9.17, 15) is 0 Å². The Morgan fingerprint density at radius 1 is 1.27 bits per heavy atom. The Labute approximate surface area is 128 Å². The quantitative estimate of drug-likeness (QED) is 0.396. The van der Waals surface area contributed by atoms with Crippen LogP contribution in [0.4, 0.5) is 0 Å². The highest BCUT2D eigenvalue weighted by Crippen LogP contribution is 2.44. The molecule has 1 aliphatic rings. The van der Waals surface area contributed by atoms with Crippen LogP contribution in [0, 0.1) is 0 Å². The summed E-state index contributed by atoms with van der Waals surface area (Å²) < 4.78 is -0.379. The van der Waals surface area contributed by atoms with Gasteiger partial charge in [0.1, 0.15) is 0 Å². The first-order valence-electron chi connectivity index (χ1n) is 4.61. The number of hydrogen-bond donors (Lipinski definition) is 5. The third-order valence-electron chi connectivity index (χ3n) is 2.28. The van der Waals surface area contributed by atoms with Crippen molar-refractivity contribution in [2.75, 3.05) is 23.0 Å². The predicted octanol–water partition coefficient (Wildman–Crippen LogP) is 2.92. The third kappa shape index (κ3) is 4.24. The summed E-state index contributed by atoms with van der Waals surface area (Å²) in [5, 5.41) is 0.598. The Morgan fingerprint density at radius 3 is 2.40 bits per heavy atom. The van der Waals surface area contributed by atoms with Gasteiger partial charge in [-0.15, -0.1) is 0 Å². The number of hydrogen-bond acceptors (Lipinski definition) is 7. The fourth-order valence-corrected chi connectivity index (χ4v) is 6.63. The van der Waals surface area contributed by atoms with E-state index in [0.717, 1.165) is 5.75 Å². The molecular formula is C8H16S7. The second-order valence-corrected chi connectivity index (χ2v) is 9.29. The highest BCUT2D eigenvalue weighted by atomic mass is 32.2. The summed E-state index contributed by atoms with van der Waals surface area (Å²) in [4.78, 5) is 0. The van der Waals surface area contributed by atoms with Gasteiger partial charge in [0, 0.05) is 38.8 Å². The summed E-state index contributed by atoms with van der Waals surface area (Å²) in [6, 6.07) is 0. The topological polar surface area (TPSA) is 0 Å². The van der Waals surface area contributed by atoms with Crippen LogP contribution in [0.15, 0.2) is 0 Å². The highest BCUT2D eigenvalue weighted by molar-refractivity contribution is 8.09.